The van der Waals surface area contributed by atoms with Crippen LogP contribution in [0, 0.1) is 0 Å². The highest BCUT2D eigenvalue weighted by molar-refractivity contribution is 5.91. The van der Waals surface area contributed by atoms with Crippen LogP contribution >= 0.6 is 0 Å². The maximum Gasteiger partial charge on any atom is 0.338 e. The molecule has 0 aliphatic heterocycles. The molecule has 0 radical (unpaired) electrons. The van der Waals surface area contributed by atoms with Gasteiger partial charge in [-0.25, -0.2) is 4.79 Å². The van der Waals surface area contributed by atoms with E-state index < -0.39 is 17.9 Å². The summed E-state index contributed by atoms with van der Waals surface area (Å²) in [6.45, 7) is 3.53. The van der Waals surface area contributed by atoms with Crippen LogP contribution < -0.4 is 4.74 Å². The second-order valence-electron chi connectivity index (χ2n) is 6.21. The maximum absolute atomic E-state index is 12.5. The van der Waals surface area contributed by atoms with Gasteiger partial charge in [-0.2, -0.15) is 0 Å². The molecular weight excluding hydrogens is 388 g/mol. The lowest BCUT2D eigenvalue weighted by molar-refractivity contribution is -0.150. The molecule has 0 bridgehead atoms. The van der Waals surface area contributed by atoms with Crippen molar-refractivity contribution in [2.75, 3.05) is 13.7 Å². The van der Waals surface area contributed by atoms with Crippen molar-refractivity contribution >= 4 is 17.9 Å². The van der Waals surface area contributed by atoms with Crippen molar-refractivity contribution < 1.29 is 33.3 Å². The Morgan fingerprint density at radius 2 is 1.53 bits per heavy atom. The number of hydrogen-bond acceptors (Lipinski definition) is 7. The molecule has 0 N–H and O–H groups in total. The molecule has 0 fully saturated rings. The van der Waals surface area contributed by atoms with Gasteiger partial charge in [0.1, 0.15) is 25.6 Å². The van der Waals surface area contributed by atoms with Crippen molar-refractivity contribution in [1.82, 2.24) is 0 Å². The van der Waals surface area contributed by atoms with Crippen molar-refractivity contribution in [3.63, 3.8) is 0 Å². The molecule has 2 aromatic carbocycles. The lowest BCUT2D eigenvalue weighted by Crippen LogP contribution is -2.13. The van der Waals surface area contributed by atoms with Crippen LogP contribution in [0.5, 0.6) is 5.75 Å². The van der Waals surface area contributed by atoms with Crippen LogP contribution in [0.25, 0.3) is 0 Å². The summed E-state index contributed by atoms with van der Waals surface area (Å²) in [7, 11) is 1.58. The molecule has 0 saturated heterocycles. The molecule has 0 heterocycles. The highest BCUT2D eigenvalue weighted by atomic mass is 16.5. The van der Waals surface area contributed by atoms with E-state index in [0.29, 0.717) is 16.9 Å². The minimum absolute atomic E-state index is 0.0851. The van der Waals surface area contributed by atoms with Gasteiger partial charge >= 0.3 is 17.9 Å². The third-order valence-electron chi connectivity index (χ3n) is 4.05. The van der Waals surface area contributed by atoms with Gasteiger partial charge in [0.15, 0.2) is 0 Å². The summed E-state index contributed by atoms with van der Waals surface area (Å²) in [4.78, 5) is 35.7. The van der Waals surface area contributed by atoms with Gasteiger partial charge in [0.25, 0.3) is 0 Å². The van der Waals surface area contributed by atoms with Crippen LogP contribution in [-0.2, 0) is 37.0 Å². The normalized spacial score (nSPS) is 10.0. The van der Waals surface area contributed by atoms with E-state index in [0.717, 1.165) is 5.56 Å². The standard InChI is InChI=1S/C23H24O7/c1-3-14-28-21(24)12-13-22(25)29-16-18-6-4-5-7-20(18)23(26)30-15-17-8-10-19(27-2)11-9-17/h3-11H,1,12-16H2,2H3. The van der Waals surface area contributed by atoms with Gasteiger partial charge in [-0.1, -0.05) is 43.0 Å². The molecule has 0 atom stereocenters. The molecule has 0 amide bonds. The first-order valence-electron chi connectivity index (χ1n) is 9.33. The summed E-state index contributed by atoms with van der Waals surface area (Å²) in [6, 6.07) is 13.9. The van der Waals surface area contributed by atoms with E-state index in [1.807, 2.05) is 0 Å². The van der Waals surface area contributed by atoms with Gasteiger partial charge in [-0.3, -0.25) is 9.59 Å². The van der Waals surface area contributed by atoms with Crippen molar-refractivity contribution in [2.45, 2.75) is 26.1 Å². The predicted octanol–water partition coefficient (Wildman–Crippen LogP) is 3.60. The number of rotatable bonds is 11. The third kappa shape index (κ3) is 7.43. The Hall–Kier alpha value is -3.61. The van der Waals surface area contributed by atoms with Gasteiger partial charge in [0, 0.05) is 5.56 Å². The largest absolute Gasteiger partial charge is 0.497 e. The number of carbonyl (C=O) groups excluding carboxylic acids is 3. The molecule has 7 nitrogen and oxygen atoms in total. The summed E-state index contributed by atoms with van der Waals surface area (Å²) >= 11 is 0. The minimum atomic E-state index is -0.563. The number of hydrogen-bond donors (Lipinski definition) is 0. The quantitative estimate of drug-likeness (QED) is 0.316. The van der Waals surface area contributed by atoms with E-state index in [1.54, 1.807) is 55.6 Å². The molecule has 0 aromatic heterocycles. The van der Waals surface area contributed by atoms with E-state index in [2.05, 4.69) is 6.58 Å². The molecule has 7 heteroatoms. The fraction of sp³-hybridized carbons (Fsp3) is 0.261. The van der Waals surface area contributed by atoms with Crippen molar-refractivity contribution in [1.29, 1.82) is 0 Å². The number of benzene rings is 2. The zero-order valence-electron chi connectivity index (χ0n) is 16.8. The summed E-state index contributed by atoms with van der Waals surface area (Å²) in [6.07, 6.45) is 1.25. The highest BCUT2D eigenvalue weighted by Gasteiger charge is 2.15. The second kappa shape index (κ2) is 12.1. The van der Waals surface area contributed by atoms with E-state index in [4.69, 9.17) is 18.9 Å². The zero-order chi connectivity index (χ0) is 21.8. The Morgan fingerprint density at radius 1 is 0.867 bits per heavy atom. The van der Waals surface area contributed by atoms with Crippen molar-refractivity contribution in [3.8, 4) is 5.75 Å². The van der Waals surface area contributed by atoms with E-state index in [-0.39, 0.29) is 32.7 Å². The van der Waals surface area contributed by atoms with Gasteiger partial charge in [0.2, 0.25) is 0 Å². The molecular formula is C23H24O7. The summed E-state index contributed by atoms with van der Waals surface area (Å²) in [5.74, 6) is -0.877. The first-order valence-corrected chi connectivity index (χ1v) is 9.33. The molecule has 30 heavy (non-hydrogen) atoms. The van der Waals surface area contributed by atoms with Crippen LogP contribution in [0.2, 0.25) is 0 Å². The van der Waals surface area contributed by atoms with Gasteiger partial charge in [0.05, 0.1) is 25.5 Å². The Morgan fingerprint density at radius 3 is 2.20 bits per heavy atom. The second-order valence-corrected chi connectivity index (χ2v) is 6.21. The summed E-state index contributed by atoms with van der Waals surface area (Å²) in [5.41, 5.74) is 1.64. The predicted molar refractivity (Wildman–Crippen MR) is 109 cm³/mol. The Labute approximate surface area is 175 Å². The summed E-state index contributed by atoms with van der Waals surface area (Å²) in [5, 5.41) is 0. The van der Waals surface area contributed by atoms with Crippen molar-refractivity contribution in [2.24, 2.45) is 0 Å². The molecule has 2 rings (SSSR count). The molecule has 0 unspecified atom stereocenters. The van der Waals surface area contributed by atoms with Crippen LogP contribution in [0.1, 0.15) is 34.3 Å². The van der Waals surface area contributed by atoms with Gasteiger partial charge in [-0.15, -0.1) is 0 Å². The fourth-order valence-corrected chi connectivity index (χ4v) is 2.45. The number of carbonyl (C=O) groups is 3. The van der Waals surface area contributed by atoms with Crippen LogP contribution in [-0.4, -0.2) is 31.6 Å². The lowest BCUT2D eigenvalue weighted by atomic mass is 10.1. The molecule has 0 aliphatic carbocycles. The van der Waals surface area contributed by atoms with Crippen molar-refractivity contribution in [3.05, 3.63) is 77.9 Å². The maximum atomic E-state index is 12.5. The average molecular weight is 412 g/mol. The van der Waals surface area contributed by atoms with Crippen LogP contribution in [0.4, 0.5) is 0 Å². The Kier molecular flexibility index (Phi) is 9.12. The average Bonchev–Trinajstić information content (AvgIpc) is 2.78. The smallest absolute Gasteiger partial charge is 0.338 e. The number of ether oxygens (including phenoxy) is 4. The monoisotopic (exact) mass is 412 g/mol. The molecule has 0 aliphatic rings. The summed E-state index contributed by atoms with van der Waals surface area (Å²) < 4.78 is 20.4. The zero-order valence-corrected chi connectivity index (χ0v) is 16.8. The number of esters is 3. The molecule has 0 saturated carbocycles. The van der Waals surface area contributed by atoms with Gasteiger partial charge in [-0.05, 0) is 23.8 Å². The number of methoxy groups -OCH3 is 1. The van der Waals surface area contributed by atoms with Gasteiger partial charge < -0.3 is 18.9 Å². The SMILES string of the molecule is C=CCOC(=O)CCC(=O)OCc1ccccc1C(=O)OCc1ccc(OC)cc1. The molecule has 2 aromatic rings. The first-order chi connectivity index (χ1) is 14.5. The minimum Gasteiger partial charge on any atom is -0.497 e. The highest BCUT2D eigenvalue weighted by Crippen LogP contribution is 2.15. The van der Waals surface area contributed by atoms with E-state index in [1.165, 1.54) is 6.08 Å². The molecule has 158 valence electrons. The first kappa shape index (κ1) is 22.7. The van der Waals surface area contributed by atoms with Crippen LogP contribution in [0.3, 0.4) is 0 Å². The topological polar surface area (TPSA) is 88.1 Å². The Bertz CT molecular complexity index is 871. The Balaban J connectivity index is 1.86. The third-order valence-corrected chi connectivity index (χ3v) is 4.05. The van der Waals surface area contributed by atoms with E-state index in [9.17, 15) is 14.4 Å². The fourth-order valence-electron chi connectivity index (χ4n) is 2.45. The lowest BCUT2D eigenvalue weighted by Gasteiger charge is -2.11. The van der Waals surface area contributed by atoms with E-state index >= 15 is 0 Å². The molecule has 0 spiro atoms. The van der Waals surface area contributed by atoms with Crippen LogP contribution in [0.15, 0.2) is 61.2 Å².